The molecule has 1 aromatic heterocycles. The van der Waals surface area contributed by atoms with Crippen molar-refractivity contribution in [2.75, 3.05) is 0 Å². The average Bonchev–Trinajstić information content (AvgIpc) is 2.59. The first-order valence-electron chi connectivity index (χ1n) is 5.25. The molecule has 4 nitrogen and oxygen atoms in total. The zero-order valence-corrected chi connectivity index (χ0v) is 10.3. The van der Waals surface area contributed by atoms with Crippen LogP contribution in [0.3, 0.4) is 0 Å². The number of nitrogens with zero attached hydrogens (tertiary/aromatic N) is 1. The van der Waals surface area contributed by atoms with E-state index in [1.807, 2.05) is 0 Å². The van der Waals surface area contributed by atoms with Crippen molar-refractivity contribution in [2.24, 2.45) is 11.7 Å². The maximum absolute atomic E-state index is 12.8. The fraction of sp³-hybridized carbons (Fsp3) is 0.273. The van der Waals surface area contributed by atoms with E-state index in [0.29, 0.717) is 0 Å². The maximum atomic E-state index is 12.8. The second-order valence-electron chi connectivity index (χ2n) is 3.94. The van der Waals surface area contributed by atoms with Crippen molar-refractivity contribution >= 4 is 28.3 Å². The van der Waals surface area contributed by atoms with Crippen LogP contribution in [0.4, 0.5) is 13.2 Å². The Labute approximate surface area is 110 Å². The van der Waals surface area contributed by atoms with Crippen LogP contribution in [0.1, 0.15) is 0 Å². The first kappa shape index (κ1) is 13.6. The molecule has 2 rings (SSSR count). The SMILES string of the molecule is NC(=S)C(Cn1c(=O)oc2ccccc21)C(F)(F)F. The molecule has 0 fully saturated rings. The summed E-state index contributed by atoms with van der Waals surface area (Å²) in [6, 6.07) is 6.20. The molecule has 2 aromatic rings. The fourth-order valence-corrected chi connectivity index (χ4v) is 1.93. The molecule has 2 N–H and O–H groups in total. The Kier molecular flexibility index (Phi) is 3.36. The summed E-state index contributed by atoms with van der Waals surface area (Å²) >= 11 is 4.42. The van der Waals surface area contributed by atoms with E-state index in [-0.39, 0.29) is 11.1 Å². The molecule has 19 heavy (non-hydrogen) atoms. The van der Waals surface area contributed by atoms with E-state index in [1.165, 1.54) is 12.1 Å². The van der Waals surface area contributed by atoms with Gasteiger partial charge in [0.05, 0.1) is 10.5 Å². The van der Waals surface area contributed by atoms with Gasteiger partial charge in [0.25, 0.3) is 0 Å². The molecule has 0 aliphatic heterocycles. The Morgan fingerprint density at radius 1 is 1.42 bits per heavy atom. The topological polar surface area (TPSA) is 61.2 Å². The lowest BCUT2D eigenvalue weighted by atomic mass is 10.1. The van der Waals surface area contributed by atoms with Crippen LogP contribution < -0.4 is 11.5 Å². The zero-order valence-electron chi connectivity index (χ0n) is 9.48. The van der Waals surface area contributed by atoms with Crippen LogP contribution in [-0.2, 0) is 6.54 Å². The summed E-state index contributed by atoms with van der Waals surface area (Å²) in [5.41, 5.74) is 5.59. The highest BCUT2D eigenvalue weighted by atomic mass is 32.1. The highest BCUT2D eigenvalue weighted by Gasteiger charge is 2.42. The van der Waals surface area contributed by atoms with Crippen molar-refractivity contribution in [1.29, 1.82) is 0 Å². The number of fused-ring (bicyclic) bond motifs is 1. The Morgan fingerprint density at radius 3 is 2.63 bits per heavy atom. The van der Waals surface area contributed by atoms with E-state index in [2.05, 4.69) is 12.2 Å². The van der Waals surface area contributed by atoms with Crippen molar-refractivity contribution in [2.45, 2.75) is 12.7 Å². The Hall–Kier alpha value is -1.83. The number of nitrogens with two attached hydrogens (primary N) is 1. The number of hydrogen-bond donors (Lipinski definition) is 1. The summed E-state index contributed by atoms with van der Waals surface area (Å²) in [4.78, 5) is 10.9. The van der Waals surface area contributed by atoms with Crippen LogP contribution in [0.5, 0.6) is 0 Å². The number of hydrogen-bond acceptors (Lipinski definition) is 3. The minimum Gasteiger partial charge on any atom is -0.408 e. The largest absolute Gasteiger partial charge is 0.419 e. The molecular weight excluding hydrogens is 281 g/mol. The van der Waals surface area contributed by atoms with E-state index in [9.17, 15) is 18.0 Å². The van der Waals surface area contributed by atoms with Crippen LogP contribution in [0, 0.1) is 5.92 Å². The van der Waals surface area contributed by atoms with E-state index in [4.69, 9.17) is 10.2 Å². The smallest absolute Gasteiger partial charge is 0.408 e. The summed E-state index contributed by atoms with van der Waals surface area (Å²) in [6.45, 7) is -0.686. The van der Waals surface area contributed by atoms with Crippen LogP contribution in [-0.4, -0.2) is 15.7 Å². The molecule has 0 saturated heterocycles. The number of thiocarbonyl (C=S) groups is 1. The molecule has 0 aliphatic rings. The van der Waals surface area contributed by atoms with Gasteiger partial charge in [-0.1, -0.05) is 24.4 Å². The van der Waals surface area contributed by atoms with Crippen molar-refractivity contribution < 1.29 is 17.6 Å². The minimum absolute atomic E-state index is 0.219. The molecule has 1 unspecified atom stereocenters. The fourth-order valence-electron chi connectivity index (χ4n) is 1.72. The minimum atomic E-state index is -4.61. The molecule has 102 valence electrons. The second kappa shape index (κ2) is 4.69. The first-order chi connectivity index (χ1) is 8.80. The average molecular weight is 290 g/mol. The molecule has 0 aliphatic carbocycles. The van der Waals surface area contributed by atoms with Gasteiger partial charge in [-0.05, 0) is 12.1 Å². The normalized spacial score (nSPS) is 13.6. The molecule has 0 saturated carbocycles. The second-order valence-corrected chi connectivity index (χ2v) is 4.41. The predicted molar refractivity (Wildman–Crippen MR) is 66.8 cm³/mol. The third kappa shape index (κ3) is 2.62. The van der Waals surface area contributed by atoms with Crippen molar-refractivity contribution in [3.8, 4) is 0 Å². The van der Waals surface area contributed by atoms with Crippen LogP contribution in [0.15, 0.2) is 33.5 Å². The third-order valence-corrected chi connectivity index (χ3v) is 2.96. The highest BCUT2D eigenvalue weighted by Crippen LogP contribution is 2.28. The van der Waals surface area contributed by atoms with Gasteiger partial charge in [0.15, 0.2) is 5.58 Å². The van der Waals surface area contributed by atoms with Gasteiger partial charge in [0.1, 0.15) is 5.92 Å². The van der Waals surface area contributed by atoms with Crippen molar-refractivity contribution in [1.82, 2.24) is 4.57 Å². The number of alkyl halides is 3. The molecule has 0 bridgehead atoms. The summed E-state index contributed by atoms with van der Waals surface area (Å²) in [6.07, 6.45) is -4.61. The number of para-hydroxylation sites is 2. The Balaban J connectivity index is 2.48. The monoisotopic (exact) mass is 290 g/mol. The van der Waals surface area contributed by atoms with Gasteiger partial charge < -0.3 is 10.2 Å². The third-order valence-electron chi connectivity index (χ3n) is 2.68. The molecule has 1 heterocycles. The zero-order chi connectivity index (χ0) is 14.2. The van der Waals surface area contributed by atoms with Gasteiger partial charge in [-0.15, -0.1) is 0 Å². The van der Waals surface area contributed by atoms with Gasteiger partial charge in [0.2, 0.25) is 0 Å². The lowest BCUT2D eigenvalue weighted by Gasteiger charge is -2.18. The lowest BCUT2D eigenvalue weighted by molar-refractivity contribution is -0.158. The maximum Gasteiger partial charge on any atom is 0.419 e. The molecular formula is C11H9F3N2O2S. The number of oxazole rings is 1. The first-order valence-corrected chi connectivity index (χ1v) is 5.66. The van der Waals surface area contributed by atoms with E-state index in [0.717, 1.165) is 4.57 Å². The quantitative estimate of drug-likeness (QED) is 0.879. The molecule has 1 atom stereocenters. The summed E-state index contributed by atoms with van der Waals surface area (Å²) in [7, 11) is 0. The van der Waals surface area contributed by atoms with Crippen molar-refractivity contribution in [3.05, 3.63) is 34.8 Å². The number of rotatable bonds is 3. The van der Waals surface area contributed by atoms with Gasteiger partial charge in [-0.3, -0.25) is 4.57 Å². The van der Waals surface area contributed by atoms with Crippen LogP contribution in [0.25, 0.3) is 11.1 Å². The predicted octanol–water partition coefficient (Wildman–Crippen LogP) is 2.06. The van der Waals surface area contributed by atoms with E-state index >= 15 is 0 Å². The summed E-state index contributed by atoms with van der Waals surface area (Å²) in [5, 5.41) is 0. The van der Waals surface area contributed by atoms with Crippen LogP contribution >= 0.6 is 12.2 Å². The summed E-state index contributed by atoms with van der Waals surface area (Å²) < 4.78 is 44.1. The lowest BCUT2D eigenvalue weighted by Crippen LogP contribution is -2.39. The molecule has 0 amide bonds. The molecule has 1 aromatic carbocycles. The molecule has 0 spiro atoms. The van der Waals surface area contributed by atoms with E-state index < -0.39 is 29.4 Å². The molecule has 0 radical (unpaired) electrons. The number of benzene rings is 1. The van der Waals surface area contributed by atoms with Crippen LogP contribution in [0.2, 0.25) is 0 Å². The van der Waals surface area contributed by atoms with Crippen molar-refractivity contribution in [3.63, 3.8) is 0 Å². The highest BCUT2D eigenvalue weighted by molar-refractivity contribution is 7.80. The molecule has 8 heteroatoms. The number of halogens is 3. The van der Waals surface area contributed by atoms with Gasteiger partial charge in [0, 0.05) is 6.54 Å². The standard InChI is InChI=1S/C11H9F3N2O2S/c12-11(13,14)6(9(15)19)5-16-7-3-1-2-4-8(7)18-10(16)17/h1-4,6H,5H2,(H2,15,19). The van der Waals surface area contributed by atoms with E-state index in [1.54, 1.807) is 12.1 Å². The van der Waals surface area contributed by atoms with Gasteiger partial charge >= 0.3 is 11.9 Å². The Bertz CT molecular complexity index is 674. The van der Waals surface area contributed by atoms with Gasteiger partial charge in [-0.2, -0.15) is 13.2 Å². The summed E-state index contributed by atoms with van der Waals surface area (Å²) in [5.74, 6) is -2.94. The Morgan fingerprint density at radius 2 is 2.05 bits per heavy atom. The van der Waals surface area contributed by atoms with Gasteiger partial charge in [-0.25, -0.2) is 4.79 Å². The number of aromatic nitrogens is 1.